The highest BCUT2D eigenvalue weighted by Gasteiger charge is 2.50. The van der Waals surface area contributed by atoms with E-state index in [1.165, 1.54) is 10.4 Å². The van der Waals surface area contributed by atoms with Crippen LogP contribution < -0.4 is 20.4 Å². The summed E-state index contributed by atoms with van der Waals surface area (Å²) in [6.45, 7) is 14.0. The third-order valence-electron chi connectivity index (χ3n) is 10.4. The molecular weight excluding hydrogens is 758 g/mol. The fraction of sp³-hybridized carbons (Fsp3) is 0.372. The summed E-state index contributed by atoms with van der Waals surface area (Å²) in [5.74, 6) is 0.550. The number of thiazole rings is 1. The summed E-state index contributed by atoms with van der Waals surface area (Å²) in [5, 5.41) is 7.12. The van der Waals surface area contributed by atoms with E-state index in [1.807, 2.05) is 49.8 Å². The molecule has 2 atom stereocenters. The van der Waals surface area contributed by atoms with Gasteiger partial charge in [-0.3, -0.25) is 4.98 Å². The summed E-state index contributed by atoms with van der Waals surface area (Å²) in [4.78, 5) is 35.1. The van der Waals surface area contributed by atoms with E-state index in [-0.39, 0.29) is 28.3 Å². The van der Waals surface area contributed by atoms with Gasteiger partial charge in [0.25, 0.3) is 8.32 Å². The minimum atomic E-state index is -2.59. The van der Waals surface area contributed by atoms with Crippen LogP contribution in [0.5, 0.6) is 5.75 Å². The number of nitrogens with zero attached hydrogens (tertiary/aromatic N) is 6. The Hall–Kier alpha value is -4.62. The molecule has 6 aromatic rings. The third kappa shape index (κ3) is 8.83. The molecule has 0 aliphatic heterocycles. The molecular formula is C43H52ClN7O3SSi. The van der Waals surface area contributed by atoms with Crippen molar-refractivity contribution in [3.8, 4) is 17.0 Å². The van der Waals surface area contributed by atoms with Crippen LogP contribution in [-0.2, 0) is 4.43 Å². The van der Waals surface area contributed by atoms with Crippen molar-refractivity contribution in [1.29, 1.82) is 0 Å². The number of rotatable bonds is 16. The van der Waals surface area contributed by atoms with Gasteiger partial charge >= 0.3 is 6.03 Å². The summed E-state index contributed by atoms with van der Waals surface area (Å²) < 4.78 is 14.6. The second kappa shape index (κ2) is 18.1. The number of ether oxygens (including phenoxy) is 1. The number of amides is 2. The molecule has 0 radical (unpaired) electrons. The predicted molar refractivity (Wildman–Crippen MR) is 229 cm³/mol. The number of halogens is 1. The normalized spacial score (nSPS) is 13.1. The van der Waals surface area contributed by atoms with Crippen molar-refractivity contribution in [3.05, 3.63) is 118 Å². The molecule has 4 aromatic heterocycles. The number of aromatic nitrogens is 5. The van der Waals surface area contributed by atoms with Gasteiger partial charge < -0.3 is 23.8 Å². The summed E-state index contributed by atoms with van der Waals surface area (Å²) in [7, 11) is -0.997. The summed E-state index contributed by atoms with van der Waals surface area (Å²) in [6.07, 6.45) is 12.5. The SMILES string of the molecule is CCN(C(=O)NC(CCCCCO[Si](c1ccccc1)(c1ccccc1)C(C)(C)C)c1cnc(C)s1)[C@H](C)c1cc(-c2cn3ccnc3c(Cl)n2)c(OC)cn1. The fourth-order valence-corrected chi connectivity index (χ4v) is 13.2. The van der Waals surface area contributed by atoms with Crippen LogP contribution in [0.4, 0.5) is 4.79 Å². The van der Waals surface area contributed by atoms with E-state index in [1.54, 1.807) is 35.7 Å². The van der Waals surface area contributed by atoms with Gasteiger partial charge in [-0.2, -0.15) is 0 Å². The Morgan fingerprint density at radius 3 is 2.30 bits per heavy atom. The van der Waals surface area contributed by atoms with E-state index in [2.05, 4.69) is 102 Å². The lowest BCUT2D eigenvalue weighted by atomic mass is 10.1. The standard InChI is InChI=1S/C43H52ClN7O3SSi/c1-8-51(30(2)36-26-34(38(53-7)27-47-36)37-29-50-24-23-45-41(50)40(44)48-37)42(52)49-35(39-28-46-31(3)55-39)22-16-11-17-25-54-56(43(4,5)6,32-18-12-9-13-19-32)33-20-14-10-15-21-33/h9-10,12-15,18-21,23-24,26-30,35H,8,11,16-17,22,25H2,1-7H3,(H,49,52)/t30-,35?/m1/s1. The highest BCUT2D eigenvalue weighted by atomic mass is 35.5. The number of fused-ring (bicyclic) bond motifs is 1. The van der Waals surface area contributed by atoms with Gasteiger partial charge in [-0.05, 0) is 55.1 Å². The van der Waals surface area contributed by atoms with E-state index in [4.69, 9.17) is 25.7 Å². The predicted octanol–water partition coefficient (Wildman–Crippen LogP) is 9.19. The fourth-order valence-electron chi connectivity index (χ4n) is 7.50. The Bertz CT molecular complexity index is 2170. The second-order valence-electron chi connectivity index (χ2n) is 15.0. The zero-order valence-corrected chi connectivity index (χ0v) is 35.9. The first-order chi connectivity index (χ1) is 27.0. The van der Waals surface area contributed by atoms with Crippen LogP contribution in [0.1, 0.15) is 88.0 Å². The number of carbonyl (C=O) groups excluding carboxylic acids is 1. The van der Waals surface area contributed by atoms with E-state index in [0.717, 1.165) is 41.1 Å². The van der Waals surface area contributed by atoms with Crippen LogP contribution in [0.2, 0.25) is 10.2 Å². The Kier molecular flexibility index (Phi) is 13.3. The molecule has 4 heterocycles. The summed E-state index contributed by atoms with van der Waals surface area (Å²) >= 11 is 8.11. The first kappa shape index (κ1) is 41.0. The Morgan fingerprint density at radius 2 is 1.70 bits per heavy atom. The highest BCUT2D eigenvalue weighted by Crippen LogP contribution is 2.37. The number of methoxy groups -OCH3 is 1. The minimum Gasteiger partial charge on any atom is -0.494 e. The van der Waals surface area contributed by atoms with Crippen LogP contribution >= 0.6 is 22.9 Å². The summed E-state index contributed by atoms with van der Waals surface area (Å²) in [6, 6.07) is 22.8. The van der Waals surface area contributed by atoms with Gasteiger partial charge in [-0.25, -0.2) is 19.7 Å². The van der Waals surface area contributed by atoms with Crippen molar-refractivity contribution in [1.82, 2.24) is 34.6 Å². The molecule has 1 unspecified atom stereocenters. The first-order valence-corrected chi connectivity index (χ1v) is 22.3. The zero-order chi connectivity index (χ0) is 39.9. The van der Waals surface area contributed by atoms with Gasteiger partial charge in [0.15, 0.2) is 10.8 Å². The Labute approximate surface area is 340 Å². The van der Waals surface area contributed by atoms with Crippen LogP contribution in [0.3, 0.4) is 0 Å². The lowest BCUT2D eigenvalue weighted by Crippen LogP contribution is -2.66. The van der Waals surface area contributed by atoms with Gasteiger partial charge in [0, 0.05) is 48.4 Å². The number of carbonyl (C=O) groups is 1. The molecule has 1 N–H and O–H groups in total. The quantitative estimate of drug-likeness (QED) is 0.0768. The molecule has 0 aliphatic carbocycles. The number of unbranched alkanes of at least 4 members (excludes halogenated alkanes) is 2. The van der Waals surface area contributed by atoms with Crippen molar-refractivity contribution >= 4 is 53.3 Å². The lowest BCUT2D eigenvalue weighted by Gasteiger charge is -2.43. The van der Waals surface area contributed by atoms with Gasteiger partial charge in [-0.15, -0.1) is 11.3 Å². The van der Waals surface area contributed by atoms with Crippen LogP contribution in [0, 0.1) is 6.92 Å². The monoisotopic (exact) mass is 809 g/mol. The van der Waals surface area contributed by atoms with Crippen molar-refractivity contribution < 1.29 is 14.0 Å². The van der Waals surface area contributed by atoms with Crippen molar-refractivity contribution in [3.63, 3.8) is 0 Å². The second-order valence-corrected chi connectivity index (χ2v) is 20.9. The zero-order valence-electron chi connectivity index (χ0n) is 33.3. The van der Waals surface area contributed by atoms with Crippen molar-refractivity contribution in [2.75, 3.05) is 20.3 Å². The van der Waals surface area contributed by atoms with Gasteiger partial charge in [-0.1, -0.05) is 106 Å². The molecule has 294 valence electrons. The van der Waals surface area contributed by atoms with Crippen LogP contribution in [-0.4, -0.2) is 63.8 Å². The van der Waals surface area contributed by atoms with E-state index >= 15 is 0 Å². The molecule has 0 saturated carbocycles. The molecule has 0 saturated heterocycles. The number of pyridine rings is 1. The third-order valence-corrected chi connectivity index (χ3v) is 16.7. The van der Waals surface area contributed by atoms with Gasteiger partial charge in [0.05, 0.1) is 41.8 Å². The Balaban J connectivity index is 1.14. The average molecular weight is 811 g/mol. The molecule has 10 nitrogen and oxygen atoms in total. The van der Waals surface area contributed by atoms with E-state index < -0.39 is 8.32 Å². The maximum absolute atomic E-state index is 14.1. The smallest absolute Gasteiger partial charge is 0.318 e. The van der Waals surface area contributed by atoms with Gasteiger partial charge in [0.1, 0.15) is 5.75 Å². The molecule has 0 aliphatic rings. The number of imidazole rings is 1. The molecule has 0 fully saturated rings. The van der Waals surface area contributed by atoms with Gasteiger partial charge in [0.2, 0.25) is 0 Å². The first-order valence-electron chi connectivity index (χ1n) is 19.2. The maximum atomic E-state index is 14.1. The molecule has 2 amide bonds. The summed E-state index contributed by atoms with van der Waals surface area (Å²) in [5.41, 5.74) is 2.60. The number of urea groups is 1. The molecule has 0 spiro atoms. The van der Waals surface area contributed by atoms with E-state index in [9.17, 15) is 4.79 Å². The molecule has 0 bridgehead atoms. The lowest BCUT2D eigenvalue weighted by molar-refractivity contribution is 0.177. The number of hydrogen-bond donors (Lipinski definition) is 1. The minimum absolute atomic E-state index is 0.0697. The largest absolute Gasteiger partial charge is 0.494 e. The number of aryl methyl sites for hydroxylation is 1. The number of benzene rings is 2. The maximum Gasteiger partial charge on any atom is 0.318 e. The highest BCUT2D eigenvalue weighted by molar-refractivity contribution is 7.11. The number of nitrogens with one attached hydrogen (secondary N) is 1. The van der Waals surface area contributed by atoms with Crippen LogP contribution in [0.15, 0.2) is 97.7 Å². The molecule has 13 heteroatoms. The van der Waals surface area contributed by atoms with E-state index in [0.29, 0.717) is 35.9 Å². The molecule has 6 rings (SSSR count). The van der Waals surface area contributed by atoms with Crippen molar-refractivity contribution in [2.24, 2.45) is 0 Å². The molecule has 56 heavy (non-hydrogen) atoms. The van der Waals surface area contributed by atoms with Crippen LogP contribution in [0.25, 0.3) is 16.9 Å². The van der Waals surface area contributed by atoms with Crippen molar-refractivity contribution in [2.45, 2.75) is 84.3 Å². The topological polar surface area (TPSA) is 107 Å². The Morgan fingerprint density at radius 1 is 1.00 bits per heavy atom. The number of hydrogen-bond acceptors (Lipinski definition) is 8. The average Bonchev–Trinajstić information content (AvgIpc) is 3.87. The molecule has 2 aromatic carbocycles.